The Labute approximate surface area is 311 Å². The van der Waals surface area contributed by atoms with Gasteiger partial charge in [0.25, 0.3) is 11.8 Å². The SMILES string of the molecule is CC1(S(=O)(=O)NC(=O)[C@@]23C[C@H]2C=CCCCCC[C@H](NC(=O)c2ccon2)C(=O)N2C[C@H](Oc4nc5cc(F)ccc5nc4C(F)(F)F)C[C@H]2C(=O)N3)CC1. The summed E-state index contributed by atoms with van der Waals surface area (Å²) < 4.78 is 94.4. The van der Waals surface area contributed by atoms with Gasteiger partial charge in [-0.2, -0.15) is 13.2 Å². The summed E-state index contributed by atoms with van der Waals surface area (Å²) in [7, 11) is -4.11. The standard InChI is InChI=1S/C35H37F4N7O8S/c1-33(12-13-33)55(51,52)45-32(50)34-17-19(34)7-5-3-2-4-6-8-24(41-28(47)23-11-14-53-44-23)31(49)46-18-21(16-26(46)29(48)43-34)54-30-27(35(37,38)39)40-22-10-9-20(36)15-25(22)42-30/h5,7,9-11,14-15,19,21,24,26H,2-4,6,8,12-13,16-18H2,1H3,(H,41,47)(H,43,48)(H,45,50)/t19-,21-,24+,26+,34-/m1/s1. The zero-order valence-electron chi connectivity index (χ0n) is 29.4. The minimum absolute atomic E-state index is 0.0441. The molecule has 1 saturated heterocycles. The first kappa shape index (κ1) is 38.1. The van der Waals surface area contributed by atoms with Crippen LogP contribution in [-0.2, 0) is 30.6 Å². The lowest BCUT2D eigenvalue weighted by Crippen LogP contribution is -2.58. The number of benzene rings is 1. The normalized spacial score (nSPS) is 26.9. The average molecular weight is 792 g/mol. The molecule has 4 amide bonds. The molecule has 55 heavy (non-hydrogen) atoms. The number of nitrogens with one attached hydrogen (secondary N) is 3. The summed E-state index contributed by atoms with van der Waals surface area (Å²) in [6.45, 7) is 1.03. The summed E-state index contributed by atoms with van der Waals surface area (Å²) in [6, 6.07) is 1.41. The number of aromatic nitrogens is 3. The third-order valence-electron chi connectivity index (χ3n) is 10.6. The number of rotatable bonds is 7. The summed E-state index contributed by atoms with van der Waals surface area (Å²) >= 11 is 0. The average Bonchev–Trinajstić information content (AvgIpc) is 3.87. The molecule has 2 aromatic heterocycles. The highest BCUT2D eigenvalue weighted by Crippen LogP contribution is 2.47. The van der Waals surface area contributed by atoms with Gasteiger partial charge < -0.3 is 24.8 Å². The molecule has 0 radical (unpaired) electrons. The topological polar surface area (TPSA) is 203 Å². The second kappa shape index (κ2) is 14.2. The minimum Gasteiger partial charge on any atom is -0.471 e. The summed E-state index contributed by atoms with van der Waals surface area (Å²) in [5.41, 5.74) is -3.85. The first-order valence-corrected chi connectivity index (χ1v) is 19.3. The van der Waals surface area contributed by atoms with Gasteiger partial charge in [-0.3, -0.25) is 23.9 Å². The molecule has 5 atom stereocenters. The van der Waals surface area contributed by atoms with Gasteiger partial charge in [-0.15, -0.1) is 0 Å². The second-order valence-electron chi connectivity index (χ2n) is 14.6. The van der Waals surface area contributed by atoms with E-state index in [1.54, 1.807) is 6.08 Å². The van der Waals surface area contributed by atoms with E-state index in [1.807, 2.05) is 6.08 Å². The van der Waals surface area contributed by atoms with E-state index in [4.69, 9.17) is 9.26 Å². The molecule has 294 valence electrons. The van der Waals surface area contributed by atoms with E-state index in [0.29, 0.717) is 38.5 Å². The molecule has 15 nitrogen and oxygen atoms in total. The van der Waals surface area contributed by atoms with Crippen LogP contribution in [0.15, 0.2) is 47.2 Å². The van der Waals surface area contributed by atoms with Crippen LogP contribution in [-0.4, -0.2) is 87.1 Å². The molecule has 7 rings (SSSR count). The van der Waals surface area contributed by atoms with E-state index in [1.165, 1.54) is 13.0 Å². The monoisotopic (exact) mass is 791 g/mol. The molecule has 20 heteroatoms. The number of ether oxygens (including phenoxy) is 1. The number of sulfonamides is 1. The molecule has 3 fully saturated rings. The maximum absolute atomic E-state index is 14.4. The van der Waals surface area contributed by atoms with Crippen LogP contribution in [0.4, 0.5) is 17.6 Å². The molecule has 2 saturated carbocycles. The maximum atomic E-state index is 14.4. The molecule has 2 aliphatic heterocycles. The predicted octanol–water partition coefficient (Wildman–Crippen LogP) is 3.32. The van der Waals surface area contributed by atoms with E-state index >= 15 is 0 Å². The van der Waals surface area contributed by atoms with Gasteiger partial charge in [0.1, 0.15) is 35.8 Å². The van der Waals surface area contributed by atoms with Crippen molar-refractivity contribution in [2.45, 2.75) is 99.4 Å². The Hall–Kier alpha value is -5.14. The highest BCUT2D eigenvalue weighted by Gasteiger charge is 2.63. The molecule has 0 spiro atoms. The lowest BCUT2D eigenvalue weighted by Gasteiger charge is -2.30. The number of carbonyl (C=O) groups is 4. The molecule has 3 N–H and O–H groups in total. The molecule has 3 aromatic rings. The Balaban J connectivity index is 1.22. The fraction of sp³-hybridized carbons (Fsp3) is 0.514. The Kier molecular flexibility index (Phi) is 9.83. The first-order valence-electron chi connectivity index (χ1n) is 17.8. The van der Waals surface area contributed by atoms with Crippen LogP contribution in [0.3, 0.4) is 0 Å². The minimum atomic E-state index is -5.07. The van der Waals surface area contributed by atoms with Gasteiger partial charge >= 0.3 is 6.18 Å². The van der Waals surface area contributed by atoms with Crippen molar-refractivity contribution in [3.63, 3.8) is 0 Å². The van der Waals surface area contributed by atoms with E-state index in [9.17, 15) is 45.2 Å². The van der Waals surface area contributed by atoms with Gasteiger partial charge in [-0.25, -0.2) is 22.8 Å². The summed E-state index contributed by atoms with van der Waals surface area (Å²) in [6.07, 6.45) is 1.12. The molecule has 0 unspecified atom stereocenters. The summed E-state index contributed by atoms with van der Waals surface area (Å²) in [5.74, 6) is -5.78. The number of fused-ring (bicyclic) bond motifs is 3. The number of carbonyl (C=O) groups excluding carboxylic acids is 4. The number of hydrogen-bond donors (Lipinski definition) is 3. The van der Waals surface area contributed by atoms with Crippen LogP contribution < -0.4 is 20.1 Å². The van der Waals surface area contributed by atoms with Crippen molar-refractivity contribution in [2.75, 3.05) is 6.54 Å². The van der Waals surface area contributed by atoms with Gasteiger partial charge in [-0.05, 0) is 57.6 Å². The van der Waals surface area contributed by atoms with Crippen molar-refractivity contribution < 1.29 is 54.4 Å². The Morgan fingerprint density at radius 3 is 2.58 bits per heavy atom. The fourth-order valence-corrected chi connectivity index (χ4v) is 8.26. The largest absolute Gasteiger partial charge is 0.471 e. The predicted molar refractivity (Wildman–Crippen MR) is 183 cm³/mol. The van der Waals surface area contributed by atoms with Crippen LogP contribution in [0, 0.1) is 11.7 Å². The van der Waals surface area contributed by atoms with E-state index in [-0.39, 0.29) is 29.6 Å². The molecule has 0 bridgehead atoms. The second-order valence-corrected chi connectivity index (χ2v) is 16.8. The van der Waals surface area contributed by atoms with Crippen LogP contribution >= 0.6 is 0 Å². The van der Waals surface area contributed by atoms with Crippen molar-refractivity contribution in [3.8, 4) is 5.88 Å². The quantitative estimate of drug-likeness (QED) is 0.234. The fourth-order valence-electron chi connectivity index (χ4n) is 6.94. The maximum Gasteiger partial charge on any atom is 0.438 e. The van der Waals surface area contributed by atoms with Crippen LogP contribution in [0.1, 0.15) is 80.9 Å². The lowest BCUT2D eigenvalue weighted by atomic mass is 10.0. The molecule has 4 heterocycles. The van der Waals surface area contributed by atoms with Crippen molar-refractivity contribution in [1.82, 2.24) is 35.4 Å². The highest BCUT2D eigenvalue weighted by atomic mass is 32.2. The lowest BCUT2D eigenvalue weighted by molar-refractivity contribution is -0.143. The number of alkyl halides is 3. The van der Waals surface area contributed by atoms with Crippen molar-refractivity contribution in [3.05, 3.63) is 59.9 Å². The number of allylic oxidation sites excluding steroid dienone is 1. The first-order chi connectivity index (χ1) is 26.0. The van der Waals surface area contributed by atoms with E-state index in [0.717, 1.165) is 29.4 Å². The van der Waals surface area contributed by atoms with Crippen LogP contribution in [0.25, 0.3) is 11.0 Å². The van der Waals surface area contributed by atoms with Gasteiger partial charge in [0.2, 0.25) is 33.4 Å². The molecule has 1 aromatic carbocycles. The molecule has 4 aliphatic rings. The Morgan fingerprint density at radius 1 is 1.09 bits per heavy atom. The van der Waals surface area contributed by atoms with Crippen molar-refractivity contribution in [2.24, 2.45) is 5.92 Å². The van der Waals surface area contributed by atoms with Gasteiger partial charge in [-0.1, -0.05) is 30.2 Å². The van der Waals surface area contributed by atoms with Gasteiger partial charge in [0, 0.05) is 24.5 Å². The van der Waals surface area contributed by atoms with Gasteiger partial charge in [0.15, 0.2) is 5.69 Å². The van der Waals surface area contributed by atoms with Crippen molar-refractivity contribution in [1.29, 1.82) is 0 Å². The highest BCUT2D eigenvalue weighted by molar-refractivity contribution is 7.91. The number of amides is 4. The molecular formula is C35H37F4N7O8S. The van der Waals surface area contributed by atoms with Gasteiger partial charge in [0.05, 0.1) is 22.3 Å². The molecule has 2 aliphatic carbocycles. The summed E-state index contributed by atoms with van der Waals surface area (Å²) in [5, 5.41) is 8.90. The Morgan fingerprint density at radius 2 is 1.87 bits per heavy atom. The zero-order chi connectivity index (χ0) is 39.3. The zero-order valence-corrected chi connectivity index (χ0v) is 30.2. The van der Waals surface area contributed by atoms with Crippen molar-refractivity contribution >= 4 is 44.7 Å². The number of hydrogen-bond acceptors (Lipinski definition) is 11. The third kappa shape index (κ3) is 7.72. The number of nitrogens with zero attached hydrogens (tertiary/aromatic N) is 4. The summed E-state index contributed by atoms with van der Waals surface area (Å²) in [4.78, 5) is 64.0. The third-order valence-corrected chi connectivity index (χ3v) is 12.8. The number of halogens is 4. The van der Waals surface area contributed by atoms with Crippen LogP contribution in [0.5, 0.6) is 5.88 Å². The molecular weight excluding hydrogens is 754 g/mol. The smallest absolute Gasteiger partial charge is 0.438 e. The van der Waals surface area contributed by atoms with E-state index in [2.05, 4.69) is 30.5 Å². The Bertz CT molecular complexity index is 2160. The van der Waals surface area contributed by atoms with E-state index < -0.39 is 105 Å². The van der Waals surface area contributed by atoms with Crippen LogP contribution in [0.2, 0.25) is 0 Å².